The lowest BCUT2D eigenvalue weighted by Gasteiger charge is -2.35. The second-order valence-corrected chi connectivity index (χ2v) is 5.64. The van der Waals surface area contributed by atoms with Gasteiger partial charge in [-0.15, -0.1) is 12.4 Å². The minimum absolute atomic E-state index is 0. The SMILES string of the molecule is Cc1cc(N2CCN(Cc3ccccc3)C(=O)C2)nc(C)n1.Cl. The smallest absolute Gasteiger partial charge is 0.242 e. The van der Waals surface area contributed by atoms with Gasteiger partial charge in [0.25, 0.3) is 0 Å². The van der Waals surface area contributed by atoms with E-state index in [1.165, 1.54) is 0 Å². The monoisotopic (exact) mass is 332 g/mol. The van der Waals surface area contributed by atoms with E-state index in [1.807, 2.05) is 47.9 Å². The van der Waals surface area contributed by atoms with Gasteiger partial charge in [0, 0.05) is 31.4 Å². The van der Waals surface area contributed by atoms with Crippen molar-refractivity contribution in [2.75, 3.05) is 24.5 Å². The van der Waals surface area contributed by atoms with Gasteiger partial charge in [0.2, 0.25) is 5.91 Å². The van der Waals surface area contributed by atoms with Crippen molar-refractivity contribution in [2.24, 2.45) is 0 Å². The highest BCUT2D eigenvalue weighted by Gasteiger charge is 2.25. The Kier molecular flexibility index (Phi) is 5.55. The molecule has 5 nitrogen and oxygen atoms in total. The van der Waals surface area contributed by atoms with E-state index in [4.69, 9.17) is 0 Å². The summed E-state index contributed by atoms with van der Waals surface area (Å²) in [7, 11) is 0. The van der Waals surface area contributed by atoms with Gasteiger partial charge >= 0.3 is 0 Å². The Labute approximate surface area is 142 Å². The third-order valence-corrected chi connectivity index (χ3v) is 3.81. The minimum Gasteiger partial charge on any atom is -0.345 e. The maximum atomic E-state index is 12.4. The summed E-state index contributed by atoms with van der Waals surface area (Å²) in [5.41, 5.74) is 2.10. The lowest BCUT2D eigenvalue weighted by atomic mass is 10.2. The van der Waals surface area contributed by atoms with Crippen LogP contribution >= 0.6 is 12.4 Å². The molecule has 0 aliphatic carbocycles. The maximum absolute atomic E-state index is 12.4. The number of halogens is 1. The maximum Gasteiger partial charge on any atom is 0.242 e. The largest absolute Gasteiger partial charge is 0.345 e. The summed E-state index contributed by atoms with van der Waals surface area (Å²) in [6, 6.07) is 12.0. The zero-order valence-electron chi connectivity index (χ0n) is 13.4. The number of carbonyl (C=O) groups is 1. The third kappa shape index (κ3) is 4.20. The zero-order chi connectivity index (χ0) is 15.5. The topological polar surface area (TPSA) is 49.3 Å². The third-order valence-electron chi connectivity index (χ3n) is 3.81. The van der Waals surface area contributed by atoms with Crippen molar-refractivity contribution < 1.29 is 4.79 Å². The number of aromatic nitrogens is 2. The van der Waals surface area contributed by atoms with Crippen LogP contribution in [-0.2, 0) is 11.3 Å². The number of aryl methyl sites for hydroxylation is 2. The molecule has 1 saturated heterocycles. The highest BCUT2D eigenvalue weighted by atomic mass is 35.5. The molecule has 6 heteroatoms. The summed E-state index contributed by atoms with van der Waals surface area (Å²) in [5.74, 6) is 1.73. The van der Waals surface area contributed by atoms with Crippen LogP contribution in [0.25, 0.3) is 0 Å². The van der Waals surface area contributed by atoms with Gasteiger partial charge in [-0.2, -0.15) is 0 Å². The number of benzene rings is 1. The molecule has 0 radical (unpaired) electrons. The molecule has 0 saturated carbocycles. The van der Waals surface area contributed by atoms with Crippen LogP contribution in [0, 0.1) is 13.8 Å². The summed E-state index contributed by atoms with van der Waals surface area (Å²) < 4.78 is 0. The van der Waals surface area contributed by atoms with Crippen molar-refractivity contribution in [3.8, 4) is 0 Å². The summed E-state index contributed by atoms with van der Waals surface area (Å²) >= 11 is 0. The number of hydrogen-bond acceptors (Lipinski definition) is 4. The molecule has 0 spiro atoms. The van der Waals surface area contributed by atoms with Crippen LogP contribution in [0.2, 0.25) is 0 Å². The van der Waals surface area contributed by atoms with Gasteiger partial charge in [-0.3, -0.25) is 4.79 Å². The van der Waals surface area contributed by atoms with Crippen LogP contribution in [0.3, 0.4) is 0 Å². The van der Waals surface area contributed by atoms with E-state index < -0.39 is 0 Å². The van der Waals surface area contributed by atoms with Crippen LogP contribution in [0.15, 0.2) is 36.4 Å². The molecular weight excluding hydrogens is 312 g/mol. The fraction of sp³-hybridized carbons (Fsp3) is 0.353. The number of nitrogens with zero attached hydrogens (tertiary/aromatic N) is 4. The van der Waals surface area contributed by atoms with Gasteiger partial charge in [-0.1, -0.05) is 30.3 Å². The summed E-state index contributed by atoms with van der Waals surface area (Å²) in [6.07, 6.45) is 0. The van der Waals surface area contributed by atoms with Crippen molar-refractivity contribution in [1.29, 1.82) is 0 Å². The number of rotatable bonds is 3. The molecule has 2 aromatic rings. The molecule has 122 valence electrons. The van der Waals surface area contributed by atoms with Crippen molar-refractivity contribution in [2.45, 2.75) is 20.4 Å². The fourth-order valence-corrected chi connectivity index (χ4v) is 2.73. The van der Waals surface area contributed by atoms with E-state index in [1.54, 1.807) is 0 Å². The van der Waals surface area contributed by atoms with E-state index >= 15 is 0 Å². The van der Waals surface area contributed by atoms with Crippen LogP contribution in [0.5, 0.6) is 0 Å². The van der Waals surface area contributed by atoms with Gasteiger partial charge in [0.1, 0.15) is 11.6 Å². The average Bonchev–Trinajstić information content (AvgIpc) is 2.49. The Morgan fingerprint density at radius 3 is 2.48 bits per heavy atom. The molecule has 1 aromatic heterocycles. The summed E-state index contributed by atoms with van der Waals surface area (Å²) in [6.45, 7) is 6.40. The number of anilines is 1. The standard InChI is InChI=1S/C17H20N4O.ClH/c1-13-10-16(19-14(2)18-13)20-8-9-21(17(22)12-20)11-15-6-4-3-5-7-15;/h3-7,10H,8-9,11-12H2,1-2H3;1H. The van der Waals surface area contributed by atoms with E-state index in [0.29, 0.717) is 13.1 Å². The first-order valence-corrected chi connectivity index (χ1v) is 7.51. The van der Waals surface area contributed by atoms with Crippen molar-refractivity contribution in [3.63, 3.8) is 0 Å². The minimum atomic E-state index is 0. The van der Waals surface area contributed by atoms with Crippen molar-refractivity contribution in [1.82, 2.24) is 14.9 Å². The Morgan fingerprint density at radius 2 is 1.83 bits per heavy atom. The Hall–Kier alpha value is -2.14. The molecule has 1 aliphatic rings. The van der Waals surface area contributed by atoms with Crippen LogP contribution in [0.4, 0.5) is 5.82 Å². The molecular formula is C17H21ClN4O. The van der Waals surface area contributed by atoms with Gasteiger partial charge in [-0.25, -0.2) is 9.97 Å². The van der Waals surface area contributed by atoms with Crippen LogP contribution in [-0.4, -0.2) is 40.4 Å². The molecule has 23 heavy (non-hydrogen) atoms. The predicted molar refractivity (Wildman–Crippen MR) is 92.8 cm³/mol. The normalized spacial score (nSPS) is 14.6. The Bertz CT molecular complexity index is 657. The second-order valence-electron chi connectivity index (χ2n) is 5.64. The first-order valence-electron chi connectivity index (χ1n) is 7.51. The van der Waals surface area contributed by atoms with Crippen molar-refractivity contribution in [3.05, 3.63) is 53.5 Å². The highest BCUT2D eigenvalue weighted by molar-refractivity contribution is 5.85. The summed E-state index contributed by atoms with van der Waals surface area (Å²) in [5, 5.41) is 0. The van der Waals surface area contributed by atoms with Crippen LogP contribution in [0.1, 0.15) is 17.1 Å². The van der Waals surface area contributed by atoms with Gasteiger partial charge in [-0.05, 0) is 19.4 Å². The van der Waals surface area contributed by atoms with E-state index in [0.717, 1.165) is 36.0 Å². The van der Waals surface area contributed by atoms with E-state index in [9.17, 15) is 4.79 Å². The molecule has 1 amide bonds. The predicted octanol–water partition coefficient (Wildman–Crippen LogP) is 2.36. The van der Waals surface area contributed by atoms with E-state index in [-0.39, 0.29) is 18.3 Å². The Balaban J connectivity index is 0.00000192. The fourth-order valence-electron chi connectivity index (χ4n) is 2.73. The molecule has 1 aromatic carbocycles. The van der Waals surface area contributed by atoms with Crippen molar-refractivity contribution >= 4 is 24.1 Å². The summed E-state index contributed by atoms with van der Waals surface area (Å²) in [4.78, 5) is 25.1. The molecule has 0 N–H and O–H groups in total. The quantitative estimate of drug-likeness (QED) is 0.866. The molecule has 0 bridgehead atoms. The number of carbonyl (C=O) groups excluding carboxylic acids is 1. The first kappa shape index (κ1) is 17.2. The molecule has 0 unspecified atom stereocenters. The molecule has 2 heterocycles. The highest BCUT2D eigenvalue weighted by Crippen LogP contribution is 2.17. The number of piperazine rings is 1. The first-order chi connectivity index (χ1) is 10.6. The van der Waals surface area contributed by atoms with Gasteiger partial charge in [0.15, 0.2) is 0 Å². The Morgan fingerprint density at radius 1 is 1.09 bits per heavy atom. The average molecular weight is 333 g/mol. The van der Waals surface area contributed by atoms with Crippen LogP contribution < -0.4 is 4.90 Å². The second kappa shape index (κ2) is 7.42. The molecule has 1 aliphatic heterocycles. The number of hydrogen-bond donors (Lipinski definition) is 0. The molecule has 3 rings (SSSR count). The molecule has 1 fully saturated rings. The van der Waals surface area contributed by atoms with Gasteiger partial charge < -0.3 is 9.80 Å². The molecule has 0 atom stereocenters. The zero-order valence-corrected chi connectivity index (χ0v) is 14.2. The van der Waals surface area contributed by atoms with Gasteiger partial charge in [0.05, 0.1) is 6.54 Å². The van der Waals surface area contributed by atoms with E-state index in [2.05, 4.69) is 22.1 Å². The lowest BCUT2D eigenvalue weighted by Crippen LogP contribution is -2.50. The lowest BCUT2D eigenvalue weighted by molar-refractivity contribution is -0.131. The number of amides is 1.